The molecule has 2 N–H and O–H groups in total. The number of aromatic nitrogens is 2. The number of carboxylic acid groups (broad SMARTS) is 1. The second-order valence-electron chi connectivity index (χ2n) is 8.63. The number of carbonyl (C=O) groups is 1. The second-order valence-corrected chi connectivity index (χ2v) is 8.63. The molecule has 1 aromatic carbocycles. The van der Waals surface area contributed by atoms with E-state index in [-0.39, 0.29) is 29.9 Å². The number of benzene rings is 1. The molecule has 9 heteroatoms. The summed E-state index contributed by atoms with van der Waals surface area (Å²) >= 11 is 0. The van der Waals surface area contributed by atoms with Gasteiger partial charge in [-0.15, -0.1) is 0 Å². The minimum atomic E-state index is -2.86. The van der Waals surface area contributed by atoms with Gasteiger partial charge in [-0.25, -0.2) is 18.6 Å². The number of fused-ring (bicyclic) bond motifs is 1. The predicted molar refractivity (Wildman–Crippen MR) is 123 cm³/mol. The Balaban J connectivity index is 1.85. The zero-order valence-electron chi connectivity index (χ0n) is 18.9. The van der Waals surface area contributed by atoms with E-state index in [1.54, 1.807) is 31.3 Å². The average molecular weight is 456 g/mol. The van der Waals surface area contributed by atoms with Crippen LogP contribution in [0.2, 0.25) is 0 Å². The summed E-state index contributed by atoms with van der Waals surface area (Å²) in [6, 6.07) is 6.92. The van der Waals surface area contributed by atoms with Crippen molar-refractivity contribution in [2.75, 3.05) is 16.8 Å². The molecular formula is C24H26F2N4O3. The van der Waals surface area contributed by atoms with Gasteiger partial charge in [0.2, 0.25) is 0 Å². The lowest BCUT2D eigenvalue weighted by atomic mass is 10.1. The Kier molecular flexibility index (Phi) is 5.59. The minimum absolute atomic E-state index is 0.110. The maximum Gasteiger partial charge on any atom is 0.337 e. The third-order valence-electron chi connectivity index (χ3n) is 6.32. The van der Waals surface area contributed by atoms with Crippen molar-refractivity contribution >= 4 is 23.1 Å². The van der Waals surface area contributed by atoms with E-state index in [0.29, 0.717) is 22.5 Å². The topological polar surface area (TPSA) is 86.9 Å². The second kappa shape index (κ2) is 8.13. The van der Waals surface area contributed by atoms with E-state index in [1.807, 2.05) is 19.9 Å². The summed E-state index contributed by atoms with van der Waals surface area (Å²) in [6.07, 6.45) is 1.38. The molecule has 7 nitrogen and oxygen atoms in total. The summed E-state index contributed by atoms with van der Waals surface area (Å²) in [5.74, 6) is -3.66. The van der Waals surface area contributed by atoms with Gasteiger partial charge in [0.05, 0.1) is 23.2 Å². The van der Waals surface area contributed by atoms with Crippen LogP contribution in [-0.2, 0) is 0 Å². The van der Waals surface area contributed by atoms with Crippen LogP contribution >= 0.6 is 0 Å². The van der Waals surface area contributed by atoms with Gasteiger partial charge in [-0.1, -0.05) is 12.1 Å². The first-order chi connectivity index (χ1) is 15.5. The highest BCUT2D eigenvalue weighted by atomic mass is 19.3. The quantitative estimate of drug-likeness (QED) is 0.591. The van der Waals surface area contributed by atoms with Gasteiger partial charge in [0.15, 0.2) is 0 Å². The molecule has 2 atom stereocenters. The van der Waals surface area contributed by atoms with E-state index in [2.05, 4.69) is 5.32 Å². The fourth-order valence-electron chi connectivity index (χ4n) is 4.38. The molecule has 174 valence electrons. The molecule has 3 heterocycles. The third kappa shape index (κ3) is 3.92. The van der Waals surface area contributed by atoms with Gasteiger partial charge >= 0.3 is 5.97 Å². The van der Waals surface area contributed by atoms with Crippen LogP contribution in [0.1, 0.15) is 53.4 Å². The van der Waals surface area contributed by atoms with Gasteiger partial charge in [0, 0.05) is 30.4 Å². The highest BCUT2D eigenvalue weighted by Gasteiger charge is 2.47. The molecule has 0 spiro atoms. The molecule has 0 amide bonds. The van der Waals surface area contributed by atoms with Crippen molar-refractivity contribution in [3.8, 4) is 0 Å². The van der Waals surface area contributed by atoms with Crippen molar-refractivity contribution in [3.05, 3.63) is 69.1 Å². The molecule has 33 heavy (non-hydrogen) atoms. The molecule has 0 saturated carbocycles. The number of nitrogens with one attached hydrogen (secondary N) is 1. The molecular weight excluding hydrogens is 430 g/mol. The fourth-order valence-corrected chi connectivity index (χ4v) is 4.38. The Morgan fingerprint density at radius 2 is 2.00 bits per heavy atom. The van der Waals surface area contributed by atoms with Gasteiger partial charge in [-0.05, 0) is 51.5 Å². The van der Waals surface area contributed by atoms with Crippen molar-refractivity contribution in [1.29, 1.82) is 0 Å². The largest absolute Gasteiger partial charge is 0.478 e. The van der Waals surface area contributed by atoms with E-state index in [1.165, 1.54) is 22.3 Å². The van der Waals surface area contributed by atoms with Crippen molar-refractivity contribution in [2.24, 2.45) is 0 Å². The van der Waals surface area contributed by atoms with E-state index in [4.69, 9.17) is 4.98 Å². The summed E-state index contributed by atoms with van der Waals surface area (Å²) in [7, 11) is 0. The van der Waals surface area contributed by atoms with E-state index in [0.717, 1.165) is 5.56 Å². The molecule has 0 aliphatic carbocycles. The first-order valence-corrected chi connectivity index (χ1v) is 10.8. The molecule has 1 fully saturated rings. The fraction of sp³-hybridized carbons (Fsp3) is 0.375. The number of aryl methyl sites for hydroxylation is 1. The highest BCUT2D eigenvalue weighted by molar-refractivity contribution is 5.94. The molecule has 0 bridgehead atoms. The lowest BCUT2D eigenvalue weighted by Gasteiger charge is -2.27. The first kappa shape index (κ1) is 22.7. The standard InChI is InChI=1S/C24H26F2N4O3/c1-13-11-18(15(3)27-19-8-6-5-7-17(19)23(32)33)21-28-20(14(2)22(31)30(21)12-13)29-10-9-24(25,26)16(29)4/h5-8,11-12,15-16,27H,9-10H2,1-4H3,(H,32,33)/t15-,16+/m1/s1. The van der Waals surface area contributed by atoms with Crippen LogP contribution < -0.4 is 15.8 Å². The number of halogens is 2. The number of carboxylic acids is 1. The molecule has 1 aliphatic rings. The Morgan fingerprint density at radius 3 is 2.64 bits per heavy atom. The van der Waals surface area contributed by atoms with Gasteiger partial charge in [-0.3, -0.25) is 9.20 Å². The number of alkyl halides is 2. The van der Waals surface area contributed by atoms with Crippen molar-refractivity contribution in [3.63, 3.8) is 0 Å². The lowest BCUT2D eigenvalue weighted by Crippen LogP contribution is -2.38. The van der Waals surface area contributed by atoms with Crippen LogP contribution in [0.5, 0.6) is 0 Å². The van der Waals surface area contributed by atoms with Crippen molar-refractivity contribution < 1.29 is 18.7 Å². The Labute approximate surface area is 189 Å². The van der Waals surface area contributed by atoms with E-state index >= 15 is 0 Å². The number of para-hydroxylation sites is 1. The number of rotatable bonds is 5. The van der Waals surface area contributed by atoms with Crippen LogP contribution in [0.15, 0.2) is 41.3 Å². The van der Waals surface area contributed by atoms with Gasteiger partial charge in [0.25, 0.3) is 11.5 Å². The zero-order chi connectivity index (χ0) is 24.1. The number of pyridine rings is 1. The average Bonchev–Trinajstić information content (AvgIpc) is 3.03. The van der Waals surface area contributed by atoms with Gasteiger partial charge in [-0.2, -0.15) is 0 Å². The van der Waals surface area contributed by atoms with Crippen LogP contribution in [0, 0.1) is 13.8 Å². The van der Waals surface area contributed by atoms with Crippen LogP contribution in [-0.4, -0.2) is 39.0 Å². The molecule has 1 saturated heterocycles. The summed E-state index contributed by atoms with van der Waals surface area (Å²) in [5, 5.41) is 12.7. The molecule has 0 radical (unpaired) electrons. The molecule has 0 unspecified atom stereocenters. The lowest BCUT2D eigenvalue weighted by molar-refractivity contribution is -0.00187. The van der Waals surface area contributed by atoms with Crippen molar-refractivity contribution in [1.82, 2.24) is 9.38 Å². The third-order valence-corrected chi connectivity index (χ3v) is 6.32. The summed E-state index contributed by atoms with van der Waals surface area (Å²) in [4.78, 5) is 31.0. The smallest absolute Gasteiger partial charge is 0.337 e. The van der Waals surface area contributed by atoms with Gasteiger partial charge < -0.3 is 15.3 Å². The van der Waals surface area contributed by atoms with Crippen LogP contribution in [0.3, 0.4) is 0 Å². The van der Waals surface area contributed by atoms with E-state index < -0.39 is 24.0 Å². The van der Waals surface area contributed by atoms with Crippen molar-refractivity contribution in [2.45, 2.75) is 52.1 Å². The maximum absolute atomic E-state index is 14.2. The number of nitrogens with zero attached hydrogens (tertiary/aromatic N) is 3. The number of anilines is 2. The molecule has 2 aromatic heterocycles. The van der Waals surface area contributed by atoms with Gasteiger partial charge in [0.1, 0.15) is 11.5 Å². The Morgan fingerprint density at radius 1 is 1.30 bits per heavy atom. The number of aromatic carboxylic acids is 1. The SMILES string of the molecule is Cc1cc([C@@H](C)Nc2ccccc2C(=O)O)c2nc(N3CCC(F)(F)[C@@H]3C)c(C)c(=O)n2c1. The maximum atomic E-state index is 14.2. The number of hydrogen-bond acceptors (Lipinski definition) is 5. The summed E-state index contributed by atoms with van der Waals surface area (Å²) in [6.45, 7) is 6.84. The van der Waals surface area contributed by atoms with Crippen LogP contribution in [0.25, 0.3) is 5.65 Å². The minimum Gasteiger partial charge on any atom is -0.478 e. The summed E-state index contributed by atoms with van der Waals surface area (Å²) in [5.41, 5.74) is 2.37. The molecule has 3 aromatic rings. The van der Waals surface area contributed by atoms with Crippen LogP contribution in [0.4, 0.5) is 20.3 Å². The number of hydrogen-bond donors (Lipinski definition) is 2. The monoisotopic (exact) mass is 456 g/mol. The highest BCUT2D eigenvalue weighted by Crippen LogP contribution is 2.37. The Hall–Kier alpha value is -3.49. The van der Waals surface area contributed by atoms with E-state index in [9.17, 15) is 23.5 Å². The summed E-state index contributed by atoms with van der Waals surface area (Å²) < 4.78 is 29.9. The molecule has 4 rings (SSSR count). The molecule has 1 aliphatic heterocycles. The first-order valence-electron chi connectivity index (χ1n) is 10.8. The predicted octanol–water partition coefficient (Wildman–Crippen LogP) is 4.42. The Bertz CT molecular complexity index is 1300. The zero-order valence-corrected chi connectivity index (χ0v) is 18.9. The normalized spacial score (nSPS) is 18.5.